The topological polar surface area (TPSA) is 44.2 Å². The van der Waals surface area contributed by atoms with Gasteiger partial charge < -0.3 is 9.47 Å². The van der Waals surface area contributed by atoms with Gasteiger partial charge in [0.05, 0.1) is 36.6 Å². The molecule has 210 valence electrons. The van der Waals surface area contributed by atoms with E-state index in [9.17, 15) is 0 Å². The molecule has 2 heterocycles. The van der Waals surface area contributed by atoms with E-state index in [1.165, 1.54) is 10.8 Å². The van der Waals surface area contributed by atoms with E-state index in [0.29, 0.717) is 0 Å². The molecule has 2 aromatic heterocycles. The summed E-state index contributed by atoms with van der Waals surface area (Å²) in [5.74, 6) is 1.56. The summed E-state index contributed by atoms with van der Waals surface area (Å²) < 4.78 is 11.3. The molecular weight excluding hydrogens is 540 g/mol. The quantitative estimate of drug-likeness (QED) is 0.194. The van der Waals surface area contributed by atoms with Gasteiger partial charge in [0.2, 0.25) is 0 Å². The van der Waals surface area contributed by atoms with Crippen LogP contribution in [0.25, 0.3) is 77.0 Å². The molecule has 0 aliphatic rings. The molecule has 0 saturated heterocycles. The van der Waals surface area contributed by atoms with E-state index >= 15 is 0 Å². The van der Waals surface area contributed by atoms with Crippen LogP contribution in [0.1, 0.15) is 0 Å². The van der Waals surface area contributed by atoms with Crippen molar-refractivity contribution in [3.8, 4) is 45.1 Å². The first kappa shape index (κ1) is 25.9. The Bertz CT molecular complexity index is 2210. The Balaban J connectivity index is 1.54. The smallest absolute Gasteiger partial charge is 0.119 e. The van der Waals surface area contributed by atoms with Crippen LogP contribution in [0.4, 0.5) is 0 Å². The maximum absolute atomic E-state index is 5.64. The fraction of sp³-hybridized carbons (Fsp3) is 0.0500. The van der Waals surface area contributed by atoms with Gasteiger partial charge in [-0.3, -0.25) is 0 Å². The highest BCUT2D eigenvalue weighted by Crippen LogP contribution is 2.42. The number of ether oxygens (including phenoxy) is 2. The summed E-state index contributed by atoms with van der Waals surface area (Å²) in [5.41, 5.74) is 7.58. The van der Waals surface area contributed by atoms with Crippen molar-refractivity contribution < 1.29 is 9.47 Å². The summed E-state index contributed by atoms with van der Waals surface area (Å²) in [6.07, 6.45) is 0. The van der Waals surface area contributed by atoms with Crippen molar-refractivity contribution in [3.63, 3.8) is 0 Å². The van der Waals surface area contributed by atoms with Crippen LogP contribution in [0.15, 0.2) is 133 Å². The minimum absolute atomic E-state index is 0.782. The molecule has 4 nitrogen and oxygen atoms in total. The van der Waals surface area contributed by atoms with Crippen molar-refractivity contribution in [2.45, 2.75) is 0 Å². The molecule has 6 aromatic carbocycles. The Morgan fingerprint density at radius 1 is 0.409 bits per heavy atom. The molecule has 0 N–H and O–H groups in total. The highest BCUT2D eigenvalue weighted by Gasteiger charge is 2.20. The van der Waals surface area contributed by atoms with Crippen LogP contribution in [0.5, 0.6) is 11.5 Å². The monoisotopic (exact) mass is 568 g/mol. The van der Waals surface area contributed by atoms with Gasteiger partial charge >= 0.3 is 0 Å². The molecule has 0 aliphatic carbocycles. The molecule has 0 atom stereocenters. The molecule has 0 aliphatic heterocycles. The van der Waals surface area contributed by atoms with Gasteiger partial charge in [-0.25, -0.2) is 9.97 Å². The minimum Gasteiger partial charge on any atom is -0.497 e. The number of rotatable bonds is 5. The van der Waals surface area contributed by atoms with E-state index in [-0.39, 0.29) is 0 Å². The molecule has 0 amide bonds. The van der Waals surface area contributed by atoms with Crippen LogP contribution in [-0.4, -0.2) is 24.2 Å². The average molecular weight is 569 g/mol. The molecule has 0 radical (unpaired) electrons. The maximum atomic E-state index is 5.64. The Morgan fingerprint density at radius 3 is 1.32 bits per heavy atom. The van der Waals surface area contributed by atoms with Crippen molar-refractivity contribution in [1.82, 2.24) is 9.97 Å². The van der Waals surface area contributed by atoms with E-state index in [0.717, 1.165) is 77.7 Å². The van der Waals surface area contributed by atoms with Crippen LogP contribution in [0.2, 0.25) is 0 Å². The van der Waals surface area contributed by atoms with Crippen molar-refractivity contribution in [2.75, 3.05) is 14.2 Å². The van der Waals surface area contributed by atoms with Crippen molar-refractivity contribution in [2.24, 2.45) is 0 Å². The number of hydrogen-bond donors (Lipinski definition) is 0. The Hall–Kier alpha value is -5.74. The summed E-state index contributed by atoms with van der Waals surface area (Å²) in [4.78, 5) is 10.7. The normalized spacial score (nSPS) is 11.4. The number of benzene rings is 6. The van der Waals surface area contributed by atoms with Crippen LogP contribution in [-0.2, 0) is 0 Å². The highest BCUT2D eigenvalue weighted by molar-refractivity contribution is 6.12. The lowest BCUT2D eigenvalue weighted by Gasteiger charge is -2.18. The van der Waals surface area contributed by atoms with Gasteiger partial charge in [-0.2, -0.15) is 0 Å². The average Bonchev–Trinajstić information content (AvgIpc) is 3.10. The zero-order chi connectivity index (χ0) is 29.6. The first-order chi connectivity index (χ1) is 21.7. The number of methoxy groups -OCH3 is 2. The Labute approximate surface area is 255 Å². The summed E-state index contributed by atoms with van der Waals surface area (Å²) >= 11 is 0. The Morgan fingerprint density at radius 2 is 0.864 bits per heavy atom. The van der Waals surface area contributed by atoms with Gasteiger partial charge in [-0.15, -0.1) is 0 Å². The molecule has 0 saturated carbocycles. The van der Waals surface area contributed by atoms with Crippen LogP contribution >= 0.6 is 0 Å². The molecule has 44 heavy (non-hydrogen) atoms. The predicted molar refractivity (Wildman–Crippen MR) is 181 cm³/mol. The van der Waals surface area contributed by atoms with Gasteiger partial charge in [0.25, 0.3) is 0 Å². The fourth-order valence-electron chi connectivity index (χ4n) is 6.24. The van der Waals surface area contributed by atoms with E-state index < -0.39 is 0 Å². The highest BCUT2D eigenvalue weighted by atomic mass is 16.5. The number of fused-ring (bicyclic) bond motifs is 6. The third-order valence-electron chi connectivity index (χ3n) is 8.42. The molecule has 4 heteroatoms. The van der Waals surface area contributed by atoms with Crippen molar-refractivity contribution >= 4 is 43.4 Å². The number of hydrogen-bond acceptors (Lipinski definition) is 4. The molecule has 8 rings (SSSR count). The Kier molecular flexibility index (Phi) is 6.20. The molecule has 8 aromatic rings. The first-order valence-electron chi connectivity index (χ1n) is 14.6. The fourth-order valence-corrected chi connectivity index (χ4v) is 6.24. The molecule has 0 fully saturated rings. The lowest BCUT2D eigenvalue weighted by atomic mass is 9.91. The van der Waals surface area contributed by atoms with Crippen LogP contribution < -0.4 is 9.47 Å². The van der Waals surface area contributed by atoms with Crippen molar-refractivity contribution in [1.29, 1.82) is 0 Å². The van der Waals surface area contributed by atoms with Gasteiger partial charge in [0.1, 0.15) is 11.5 Å². The van der Waals surface area contributed by atoms with Gasteiger partial charge in [0, 0.05) is 33.0 Å². The summed E-state index contributed by atoms with van der Waals surface area (Å²) in [6.45, 7) is 0. The number of pyridine rings is 2. The van der Waals surface area contributed by atoms with E-state index in [2.05, 4.69) is 97.1 Å². The summed E-state index contributed by atoms with van der Waals surface area (Å²) in [7, 11) is 3.39. The van der Waals surface area contributed by atoms with Crippen molar-refractivity contribution in [3.05, 3.63) is 133 Å². The first-order valence-corrected chi connectivity index (χ1v) is 14.6. The van der Waals surface area contributed by atoms with Gasteiger partial charge in [-0.1, -0.05) is 84.9 Å². The van der Waals surface area contributed by atoms with Crippen LogP contribution in [0.3, 0.4) is 0 Å². The molecule has 0 unspecified atom stereocenters. The standard InChI is InChI=1S/C40H28N2O2/c1-43-29-13-7-11-27(21-29)39-35(23-33-31-15-5-3-9-25(31)17-19-37(33)41-39)36-24-34-32-16-6-4-10-26(32)18-20-38(34)42-40(36)28-12-8-14-30(22-28)44-2/h3-24H,1-2H3. The van der Waals surface area contributed by atoms with Gasteiger partial charge in [-0.05, 0) is 70.1 Å². The second-order valence-corrected chi connectivity index (χ2v) is 10.9. The summed E-state index contributed by atoms with van der Waals surface area (Å²) in [5, 5.41) is 6.88. The third-order valence-corrected chi connectivity index (χ3v) is 8.42. The lowest BCUT2D eigenvalue weighted by Crippen LogP contribution is -1.97. The largest absolute Gasteiger partial charge is 0.497 e. The zero-order valence-corrected chi connectivity index (χ0v) is 24.4. The minimum atomic E-state index is 0.782. The van der Waals surface area contributed by atoms with E-state index in [1.54, 1.807) is 14.2 Å². The van der Waals surface area contributed by atoms with E-state index in [4.69, 9.17) is 19.4 Å². The SMILES string of the molecule is COc1cccc(-c2nc3ccc4ccccc4c3cc2-c2cc3c(ccc4ccccc43)nc2-c2cccc(OC)c2)c1. The van der Waals surface area contributed by atoms with E-state index in [1.807, 2.05) is 36.4 Å². The third kappa shape index (κ3) is 4.31. The predicted octanol–water partition coefficient (Wildman–Crippen LogP) is 10.1. The molecule has 0 bridgehead atoms. The number of nitrogens with zero attached hydrogens (tertiary/aromatic N) is 2. The maximum Gasteiger partial charge on any atom is 0.119 e. The second kappa shape index (κ2) is 10.5. The lowest BCUT2D eigenvalue weighted by molar-refractivity contribution is 0.415. The summed E-state index contributed by atoms with van der Waals surface area (Å²) in [6, 6.07) is 46.3. The van der Waals surface area contributed by atoms with Gasteiger partial charge in [0.15, 0.2) is 0 Å². The second-order valence-electron chi connectivity index (χ2n) is 10.9. The number of aromatic nitrogens is 2. The van der Waals surface area contributed by atoms with Crippen LogP contribution in [0, 0.1) is 0 Å². The molecular formula is C40H28N2O2. The zero-order valence-electron chi connectivity index (χ0n) is 24.4. The molecule has 0 spiro atoms.